The van der Waals surface area contributed by atoms with Gasteiger partial charge >= 0.3 is 0 Å². The maximum absolute atomic E-state index is 13.0. The summed E-state index contributed by atoms with van der Waals surface area (Å²) in [4.78, 5) is 3.68. The minimum absolute atomic E-state index is 0.182. The molecule has 1 aliphatic carbocycles. The van der Waals surface area contributed by atoms with Gasteiger partial charge in [-0.2, -0.15) is 0 Å². The summed E-state index contributed by atoms with van der Waals surface area (Å²) in [7, 11) is 1.74. The average molecular weight is 387 g/mol. The van der Waals surface area contributed by atoms with Crippen molar-refractivity contribution in [3.05, 3.63) is 59.4 Å². The Kier molecular flexibility index (Phi) is 6.01. The van der Waals surface area contributed by atoms with Gasteiger partial charge in [-0.05, 0) is 104 Å². The highest BCUT2D eigenvalue weighted by atomic mass is 32.2. The third-order valence-electron chi connectivity index (χ3n) is 5.78. The molecule has 1 unspecified atom stereocenters. The largest absolute Gasteiger partial charge is 0.497 e. The average Bonchev–Trinajstić information content (AvgIpc) is 3.10. The van der Waals surface area contributed by atoms with Gasteiger partial charge in [0.1, 0.15) is 11.6 Å². The minimum atomic E-state index is -0.182. The van der Waals surface area contributed by atoms with Gasteiger partial charge in [-0.15, -0.1) is 0 Å². The molecule has 1 atom stereocenters. The Hall–Kier alpha value is -1.56. The van der Waals surface area contributed by atoms with E-state index in [2.05, 4.69) is 27.8 Å². The molecule has 3 nitrogen and oxygen atoms in total. The summed E-state index contributed by atoms with van der Waals surface area (Å²) < 4.78 is 22.0. The molecule has 144 valence electrons. The van der Waals surface area contributed by atoms with Gasteiger partial charge in [-0.3, -0.25) is 4.72 Å². The lowest BCUT2D eigenvalue weighted by Gasteiger charge is -2.34. The van der Waals surface area contributed by atoms with Crippen LogP contribution in [0, 0.1) is 5.82 Å². The summed E-state index contributed by atoms with van der Waals surface area (Å²) in [6, 6.07) is 13.8. The predicted molar refractivity (Wildman–Crippen MR) is 109 cm³/mol. The number of piperidine rings is 1. The molecule has 0 amide bonds. The van der Waals surface area contributed by atoms with Gasteiger partial charge in [0.25, 0.3) is 0 Å². The number of fused-ring (bicyclic) bond motifs is 1. The van der Waals surface area contributed by atoms with E-state index in [0.29, 0.717) is 12.0 Å². The maximum Gasteiger partial charge on any atom is 0.123 e. The Morgan fingerprint density at radius 1 is 1.11 bits per heavy atom. The van der Waals surface area contributed by atoms with E-state index in [4.69, 9.17) is 4.74 Å². The molecule has 0 bridgehead atoms. The quantitative estimate of drug-likeness (QED) is 0.732. The number of halogens is 1. The van der Waals surface area contributed by atoms with Crippen molar-refractivity contribution in [1.82, 2.24) is 9.62 Å². The van der Waals surface area contributed by atoms with Crippen molar-refractivity contribution in [3.63, 3.8) is 0 Å². The Morgan fingerprint density at radius 3 is 2.63 bits per heavy atom. The van der Waals surface area contributed by atoms with Crippen LogP contribution in [0.5, 0.6) is 5.75 Å². The molecular weight excluding hydrogens is 359 g/mol. The molecule has 2 aliphatic rings. The number of aryl methyl sites for hydroxylation is 1. The number of nitrogens with zero attached hydrogens (tertiary/aromatic N) is 1. The number of likely N-dealkylation sites (tertiary alicyclic amines) is 1. The molecule has 1 N–H and O–H groups in total. The Balaban J connectivity index is 1.25. The fraction of sp³-hybridized carbons (Fsp3) is 0.455. The molecule has 2 aromatic rings. The molecule has 0 radical (unpaired) electrons. The highest BCUT2D eigenvalue weighted by Crippen LogP contribution is 2.36. The van der Waals surface area contributed by atoms with Crippen LogP contribution < -0.4 is 9.46 Å². The molecule has 0 saturated carbocycles. The van der Waals surface area contributed by atoms with Crippen LogP contribution in [0.3, 0.4) is 0 Å². The van der Waals surface area contributed by atoms with E-state index in [-0.39, 0.29) is 5.82 Å². The van der Waals surface area contributed by atoms with Crippen molar-refractivity contribution in [2.24, 2.45) is 0 Å². The first-order valence-corrected chi connectivity index (χ1v) is 10.6. The van der Waals surface area contributed by atoms with Crippen LogP contribution in [-0.2, 0) is 6.42 Å². The summed E-state index contributed by atoms with van der Waals surface area (Å²) in [5, 5.41) is 0. The molecule has 5 heteroatoms. The third-order valence-corrected chi connectivity index (χ3v) is 6.74. The third kappa shape index (κ3) is 4.65. The van der Waals surface area contributed by atoms with Gasteiger partial charge in [-0.25, -0.2) is 4.39 Å². The molecule has 1 saturated heterocycles. The van der Waals surface area contributed by atoms with E-state index in [1.54, 1.807) is 19.1 Å². The standard InChI is InChI=1S/C22H27FN2OS/c1-26-20-7-4-16-2-3-17(22(16)14-20)15-25-12-10-19(11-13-25)24-27-21-8-5-18(23)6-9-21/h4-9,14,17,19,24H,2-3,10-13,15H2,1H3. The molecule has 0 spiro atoms. The Bertz CT molecular complexity index is 759. The van der Waals surface area contributed by atoms with Gasteiger partial charge in [0.2, 0.25) is 0 Å². The summed E-state index contributed by atoms with van der Waals surface area (Å²) in [6.07, 6.45) is 4.76. The number of methoxy groups -OCH3 is 1. The fourth-order valence-electron chi connectivity index (χ4n) is 4.18. The Labute approximate surface area is 165 Å². The lowest BCUT2D eigenvalue weighted by atomic mass is 9.98. The van der Waals surface area contributed by atoms with Gasteiger partial charge in [-0.1, -0.05) is 6.07 Å². The van der Waals surface area contributed by atoms with E-state index in [1.807, 2.05) is 12.1 Å². The lowest BCUT2D eigenvalue weighted by Crippen LogP contribution is -2.41. The van der Waals surface area contributed by atoms with Crippen LogP contribution in [0.15, 0.2) is 47.4 Å². The van der Waals surface area contributed by atoms with Gasteiger partial charge in [0, 0.05) is 17.5 Å². The first-order valence-electron chi connectivity index (χ1n) is 9.78. The van der Waals surface area contributed by atoms with E-state index >= 15 is 0 Å². The number of hydrogen-bond donors (Lipinski definition) is 1. The van der Waals surface area contributed by atoms with Crippen molar-refractivity contribution in [1.29, 1.82) is 0 Å². The number of nitrogens with one attached hydrogen (secondary N) is 1. The summed E-state index contributed by atoms with van der Waals surface area (Å²) in [5.41, 5.74) is 2.98. The molecule has 0 aromatic heterocycles. The van der Waals surface area contributed by atoms with Crippen LogP contribution in [0.1, 0.15) is 36.3 Å². The molecule has 27 heavy (non-hydrogen) atoms. The number of benzene rings is 2. The van der Waals surface area contributed by atoms with Gasteiger partial charge in [0.05, 0.1) is 7.11 Å². The normalized spacial score (nSPS) is 20.6. The summed E-state index contributed by atoms with van der Waals surface area (Å²) in [6.45, 7) is 3.42. The molecule has 1 fully saturated rings. The predicted octanol–water partition coefficient (Wildman–Crippen LogP) is 4.63. The van der Waals surface area contributed by atoms with Crippen molar-refractivity contribution in [3.8, 4) is 5.75 Å². The van der Waals surface area contributed by atoms with Crippen molar-refractivity contribution in [2.75, 3.05) is 26.7 Å². The summed E-state index contributed by atoms with van der Waals surface area (Å²) in [5.74, 6) is 1.42. The molecule has 1 heterocycles. The highest BCUT2D eigenvalue weighted by Gasteiger charge is 2.27. The van der Waals surface area contributed by atoms with E-state index in [9.17, 15) is 4.39 Å². The van der Waals surface area contributed by atoms with E-state index in [1.165, 1.54) is 36.1 Å². The minimum Gasteiger partial charge on any atom is -0.497 e. The van der Waals surface area contributed by atoms with Crippen LogP contribution in [0.25, 0.3) is 0 Å². The van der Waals surface area contributed by atoms with Crippen molar-refractivity contribution < 1.29 is 9.13 Å². The zero-order valence-electron chi connectivity index (χ0n) is 15.8. The second kappa shape index (κ2) is 8.63. The summed E-state index contributed by atoms with van der Waals surface area (Å²) >= 11 is 1.62. The molecule has 1 aliphatic heterocycles. The first-order chi connectivity index (χ1) is 13.2. The number of hydrogen-bond acceptors (Lipinski definition) is 4. The maximum atomic E-state index is 13.0. The number of ether oxygens (including phenoxy) is 1. The lowest BCUT2D eigenvalue weighted by molar-refractivity contribution is 0.197. The van der Waals surface area contributed by atoms with E-state index < -0.39 is 0 Å². The van der Waals surface area contributed by atoms with Gasteiger partial charge in [0.15, 0.2) is 0 Å². The Morgan fingerprint density at radius 2 is 1.89 bits per heavy atom. The van der Waals surface area contributed by atoms with Crippen LogP contribution in [0.2, 0.25) is 0 Å². The molecular formula is C22H27FN2OS. The topological polar surface area (TPSA) is 24.5 Å². The van der Waals surface area contributed by atoms with Gasteiger partial charge < -0.3 is 9.64 Å². The zero-order valence-corrected chi connectivity index (χ0v) is 16.6. The van der Waals surface area contributed by atoms with Crippen molar-refractivity contribution in [2.45, 2.75) is 42.5 Å². The second-order valence-corrected chi connectivity index (χ2v) is 8.46. The smallest absolute Gasteiger partial charge is 0.123 e. The SMILES string of the molecule is COc1ccc2c(c1)C(CN1CCC(NSc3ccc(F)cc3)CC1)CC2. The monoisotopic (exact) mass is 386 g/mol. The zero-order chi connectivity index (χ0) is 18.6. The van der Waals surface area contributed by atoms with Crippen LogP contribution in [-0.4, -0.2) is 37.7 Å². The highest BCUT2D eigenvalue weighted by molar-refractivity contribution is 7.97. The molecule has 2 aromatic carbocycles. The van der Waals surface area contributed by atoms with Crippen LogP contribution >= 0.6 is 11.9 Å². The van der Waals surface area contributed by atoms with Crippen molar-refractivity contribution >= 4 is 11.9 Å². The first kappa shape index (κ1) is 18.8. The second-order valence-electron chi connectivity index (χ2n) is 7.55. The van der Waals surface area contributed by atoms with E-state index in [0.717, 1.165) is 43.1 Å². The number of rotatable bonds is 6. The van der Waals surface area contributed by atoms with Crippen LogP contribution in [0.4, 0.5) is 4.39 Å². The molecule has 4 rings (SSSR count). The fourth-order valence-corrected chi connectivity index (χ4v) is 4.99.